The Balaban J connectivity index is 0. The van der Waals surface area contributed by atoms with Crippen molar-refractivity contribution in [2.24, 2.45) is 11.5 Å². The van der Waals surface area contributed by atoms with Gasteiger partial charge in [0, 0.05) is 46.7 Å². The van der Waals surface area contributed by atoms with Crippen LogP contribution >= 0.6 is 12.8 Å². The number of ketones is 2. The second kappa shape index (κ2) is 33.1. The normalized spacial score (nSPS) is 13.4. The van der Waals surface area contributed by atoms with E-state index in [9.17, 15) is 28.8 Å². The maximum absolute atomic E-state index is 11.9. The van der Waals surface area contributed by atoms with E-state index in [1.165, 1.54) is 14.2 Å². The number of hydroxylamine groups is 2. The highest BCUT2D eigenvalue weighted by atomic mass is 32.1. The maximum atomic E-state index is 11.9. The van der Waals surface area contributed by atoms with Gasteiger partial charge in [-0.15, -0.1) is 0 Å². The first kappa shape index (κ1) is 46.3. The quantitative estimate of drug-likeness (QED) is 0.0212. The molecule has 1 fully saturated rings. The van der Waals surface area contributed by atoms with Crippen LogP contribution in [0.3, 0.4) is 0 Å². The molecular formula is C27H53N7O12S. The summed E-state index contributed by atoms with van der Waals surface area (Å²) in [6.45, 7) is 2.24. The third-order valence-corrected chi connectivity index (χ3v) is 5.84. The number of carbonyl (C=O) groups excluding carboxylic acids is 5. The summed E-state index contributed by atoms with van der Waals surface area (Å²) in [5.74, 6) is -1.78. The van der Waals surface area contributed by atoms with Crippen molar-refractivity contribution in [2.75, 3.05) is 66.8 Å². The molecule has 0 radical (unpaired) electrons. The van der Waals surface area contributed by atoms with Crippen LogP contribution in [0, 0.1) is 0 Å². The molecule has 0 spiro atoms. The lowest BCUT2D eigenvalue weighted by Gasteiger charge is -2.16. The summed E-state index contributed by atoms with van der Waals surface area (Å²) in [6.07, 6.45) is 5.17. The van der Waals surface area contributed by atoms with Crippen LogP contribution in [0.5, 0.6) is 0 Å². The standard InChI is InChI=1S/C16H33N5O8S.C6H14N2O2.C5H6O2/c1-25-11-14(22)17-7-9-27-19-6-4-3-5-13(16(24)29-21-30)20-28-10-8-18-15(23)12-26-2;7-4-2-1-3-5(8)6(9)10;6-4-1-2-5(7)3-4/h13,19-21,30H,3-12H2,1-2H3,(H,17,22)(H,18,23);5H,1-4,7-8H2,(H,9,10);1-3H2. The van der Waals surface area contributed by atoms with E-state index in [-0.39, 0.29) is 56.2 Å². The molecule has 2 unspecified atom stereocenters. The van der Waals surface area contributed by atoms with E-state index in [0.29, 0.717) is 58.3 Å². The highest BCUT2D eigenvalue weighted by Gasteiger charge is 2.20. The van der Waals surface area contributed by atoms with Gasteiger partial charge in [-0.05, 0) is 38.6 Å². The van der Waals surface area contributed by atoms with Crippen LogP contribution in [0.25, 0.3) is 0 Å². The minimum Gasteiger partial charge on any atom is -0.480 e. The van der Waals surface area contributed by atoms with Gasteiger partial charge in [-0.2, -0.15) is 5.48 Å². The third kappa shape index (κ3) is 31.6. The largest absolute Gasteiger partial charge is 0.480 e. The molecule has 0 heterocycles. The fourth-order valence-corrected chi connectivity index (χ4v) is 3.44. The molecule has 20 heteroatoms. The van der Waals surface area contributed by atoms with Crippen LogP contribution in [0.1, 0.15) is 57.8 Å². The van der Waals surface area contributed by atoms with Crippen molar-refractivity contribution in [1.82, 2.24) is 26.5 Å². The third-order valence-electron chi connectivity index (χ3n) is 5.75. The number of carboxylic acids is 1. The Labute approximate surface area is 280 Å². The van der Waals surface area contributed by atoms with E-state index < -0.39 is 24.0 Å². The summed E-state index contributed by atoms with van der Waals surface area (Å²) in [7, 11) is 2.87. The fourth-order valence-electron chi connectivity index (χ4n) is 3.35. The van der Waals surface area contributed by atoms with Crippen molar-refractivity contribution < 1.29 is 57.9 Å². The van der Waals surface area contributed by atoms with E-state index in [4.69, 9.17) is 26.2 Å². The van der Waals surface area contributed by atoms with Gasteiger partial charge in [-0.3, -0.25) is 33.6 Å². The number of thiol groups is 1. The topological polar surface area (TPSA) is 281 Å². The van der Waals surface area contributed by atoms with Gasteiger partial charge in [0.15, 0.2) is 0 Å². The lowest BCUT2D eigenvalue weighted by Crippen LogP contribution is -2.41. The minimum absolute atomic E-state index is 0.0139. The molecule has 1 aliphatic carbocycles. The average Bonchev–Trinajstić information content (AvgIpc) is 3.41. The molecule has 1 rings (SSSR count). The molecule has 1 aliphatic rings. The summed E-state index contributed by atoms with van der Waals surface area (Å²) < 4.78 is 9.38. The number of hydrogen-bond acceptors (Lipinski definition) is 17. The number of hydrogen-bond donors (Lipinski definition) is 9. The van der Waals surface area contributed by atoms with Crippen LogP contribution in [-0.2, 0) is 52.8 Å². The summed E-state index contributed by atoms with van der Waals surface area (Å²) >= 11 is 3.63. The van der Waals surface area contributed by atoms with Crippen LogP contribution in [0.4, 0.5) is 0 Å². The van der Waals surface area contributed by atoms with Gasteiger partial charge in [0.05, 0.1) is 19.6 Å². The highest BCUT2D eigenvalue weighted by molar-refractivity contribution is 7.77. The summed E-state index contributed by atoms with van der Waals surface area (Å²) in [4.78, 5) is 82.0. The molecule has 47 heavy (non-hydrogen) atoms. The predicted molar refractivity (Wildman–Crippen MR) is 171 cm³/mol. The van der Waals surface area contributed by atoms with E-state index in [2.05, 4.69) is 48.7 Å². The number of nitrogens with one attached hydrogen (secondary N) is 5. The molecule has 0 aromatic rings. The number of unbranched alkanes of at least 4 members (excludes halogenated alkanes) is 2. The monoisotopic (exact) mass is 699 g/mol. The van der Waals surface area contributed by atoms with E-state index in [1.54, 1.807) is 0 Å². The SMILES string of the molecule is COCC(=O)NCCONCCCCC(NOCCNC(=O)COC)C(=O)ONS.NCCCCC(N)C(=O)O.O=C1CCC(=O)C1. The van der Waals surface area contributed by atoms with Crippen LogP contribution in [0.2, 0.25) is 0 Å². The highest BCUT2D eigenvalue weighted by Crippen LogP contribution is 2.07. The van der Waals surface area contributed by atoms with Crippen molar-refractivity contribution in [2.45, 2.75) is 69.9 Å². The predicted octanol–water partition coefficient (Wildman–Crippen LogP) is -2.18. The summed E-state index contributed by atoms with van der Waals surface area (Å²) in [5, 5.41) is 13.5. The first-order valence-electron chi connectivity index (χ1n) is 15.1. The average molecular weight is 700 g/mol. The number of amides is 2. The zero-order chi connectivity index (χ0) is 35.7. The lowest BCUT2D eigenvalue weighted by atomic mass is 10.1. The van der Waals surface area contributed by atoms with Gasteiger partial charge in [-0.1, -0.05) is 24.1 Å². The summed E-state index contributed by atoms with van der Waals surface area (Å²) in [5.41, 5.74) is 15.8. The van der Waals surface area contributed by atoms with Gasteiger partial charge in [0.1, 0.15) is 36.9 Å². The zero-order valence-corrected chi connectivity index (χ0v) is 28.1. The molecule has 2 amide bonds. The Hall–Kier alpha value is -2.79. The van der Waals surface area contributed by atoms with Crippen LogP contribution in [-0.4, -0.2) is 119 Å². The van der Waals surface area contributed by atoms with Crippen LogP contribution < -0.4 is 37.9 Å². The first-order valence-corrected chi connectivity index (χ1v) is 15.5. The smallest absolute Gasteiger partial charge is 0.344 e. The second-order valence-corrected chi connectivity index (χ2v) is 10.0. The first-order chi connectivity index (χ1) is 22.5. The Morgan fingerprint density at radius 2 is 1.40 bits per heavy atom. The molecule has 0 aromatic carbocycles. The molecular weight excluding hydrogens is 646 g/mol. The number of Topliss-reactive ketones (excluding diaryl/α,β-unsaturated/α-hetero) is 2. The van der Waals surface area contributed by atoms with Gasteiger partial charge < -0.3 is 41.5 Å². The molecule has 19 nitrogen and oxygen atoms in total. The Bertz CT molecular complexity index is 875. The number of ether oxygens (including phenoxy) is 2. The molecule has 0 aliphatic heterocycles. The van der Waals surface area contributed by atoms with Gasteiger partial charge >= 0.3 is 11.9 Å². The summed E-state index contributed by atoms with van der Waals surface area (Å²) in [6, 6.07) is -1.43. The second-order valence-electron chi connectivity index (χ2n) is 9.82. The maximum Gasteiger partial charge on any atom is 0.344 e. The number of rotatable bonds is 25. The van der Waals surface area contributed by atoms with Gasteiger partial charge in [-0.25, -0.2) is 10.3 Å². The van der Waals surface area contributed by atoms with Gasteiger partial charge in [0.2, 0.25) is 11.8 Å². The molecule has 10 N–H and O–H groups in total. The van der Waals surface area contributed by atoms with E-state index in [1.807, 2.05) is 4.89 Å². The Morgan fingerprint density at radius 3 is 1.87 bits per heavy atom. The number of carboxylic acid groups (broad SMARTS) is 1. The molecule has 0 aromatic heterocycles. The van der Waals surface area contributed by atoms with Crippen molar-refractivity contribution >= 4 is 48.1 Å². The molecule has 0 bridgehead atoms. The molecule has 0 saturated heterocycles. The fraction of sp³-hybridized carbons (Fsp3) is 0.778. The van der Waals surface area contributed by atoms with Crippen molar-refractivity contribution in [3.05, 3.63) is 0 Å². The lowest BCUT2D eigenvalue weighted by molar-refractivity contribution is -0.154. The number of nitrogens with two attached hydrogens (primary N) is 2. The minimum atomic E-state index is -0.933. The van der Waals surface area contributed by atoms with Gasteiger partial charge in [0.25, 0.3) is 0 Å². The van der Waals surface area contributed by atoms with E-state index in [0.717, 1.165) is 19.3 Å². The number of carbonyl (C=O) groups is 6. The molecule has 274 valence electrons. The van der Waals surface area contributed by atoms with Crippen molar-refractivity contribution in [3.8, 4) is 0 Å². The number of methoxy groups -OCH3 is 2. The Kier molecular flexibility index (Phi) is 32.7. The molecule has 1 saturated carbocycles. The Morgan fingerprint density at radius 1 is 0.851 bits per heavy atom. The van der Waals surface area contributed by atoms with Crippen molar-refractivity contribution in [1.29, 1.82) is 0 Å². The number of aliphatic carboxylic acids is 1. The molecule has 2 atom stereocenters. The van der Waals surface area contributed by atoms with Crippen molar-refractivity contribution in [3.63, 3.8) is 0 Å². The van der Waals surface area contributed by atoms with Crippen LogP contribution in [0.15, 0.2) is 0 Å². The zero-order valence-electron chi connectivity index (χ0n) is 27.2. The van der Waals surface area contributed by atoms with E-state index >= 15 is 0 Å².